The van der Waals surface area contributed by atoms with Crippen LogP contribution in [0.4, 0.5) is 0 Å². The van der Waals surface area contributed by atoms with Gasteiger partial charge in [-0.2, -0.15) is 0 Å². The molecule has 0 saturated heterocycles. The number of amides is 1. The van der Waals surface area contributed by atoms with Gasteiger partial charge in [0.1, 0.15) is 0 Å². The molecule has 3 heteroatoms. The van der Waals surface area contributed by atoms with Crippen molar-refractivity contribution < 1.29 is 4.79 Å². The van der Waals surface area contributed by atoms with Crippen molar-refractivity contribution in [1.82, 2.24) is 9.80 Å². The van der Waals surface area contributed by atoms with Crippen LogP contribution in [-0.4, -0.2) is 48.9 Å². The monoisotopic (exact) mass is 725 g/mol. The molecule has 0 radical (unpaired) electrons. The van der Waals surface area contributed by atoms with Crippen LogP contribution in [0.5, 0.6) is 0 Å². The van der Waals surface area contributed by atoms with Crippen molar-refractivity contribution in [2.45, 2.75) is 232 Å². The number of allylic oxidation sites excluding steroid dienone is 8. The predicted octanol–water partition coefficient (Wildman–Crippen LogP) is 15.5. The van der Waals surface area contributed by atoms with Crippen LogP contribution in [0.15, 0.2) is 48.6 Å². The normalized spacial score (nSPS) is 12.9. The smallest absolute Gasteiger partial charge is 0.222 e. The second kappa shape index (κ2) is 42.1. The van der Waals surface area contributed by atoms with Crippen molar-refractivity contribution in [3.05, 3.63) is 48.6 Å². The maximum absolute atomic E-state index is 13.8. The zero-order valence-electron chi connectivity index (χ0n) is 36.0. The van der Waals surface area contributed by atoms with Crippen molar-refractivity contribution >= 4 is 5.91 Å². The van der Waals surface area contributed by atoms with E-state index in [1.165, 1.54) is 173 Å². The minimum absolute atomic E-state index is 0.428. The standard InChI is InChI=1S/C49H92N2O/c1-6-9-12-15-18-20-22-24-26-27-29-31-33-35-37-40-44-48(43-39-36-34-32-30-28-25-23-21-19-16-13-10-7-2)51(47-42-46-50(4)5)49(52)45-41-38-17-14-11-8-3/h13,16,18,20-21,23-24,26,48H,6-12,14-15,17,19,22,25,27-47H2,1-5H3/b16-13-,20-18-,23-21-,26-24-. The van der Waals surface area contributed by atoms with Crippen LogP contribution >= 0.6 is 0 Å². The van der Waals surface area contributed by atoms with Gasteiger partial charge in [-0.3, -0.25) is 4.79 Å². The molecule has 1 unspecified atom stereocenters. The quantitative estimate of drug-likeness (QED) is 0.0464. The van der Waals surface area contributed by atoms with E-state index in [4.69, 9.17) is 0 Å². The Morgan fingerprint density at radius 2 is 0.827 bits per heavy atom. The zero-order chi connectivity index (χ0) is 38.0. The Labute approximate surface area is 327 Å². The number of hydrogen-bond donors (Lipinski definition) is 0. The van der Waals surface area contributed by atoms with Gasteiger partial charge in [-0.15, -0.1) is 0 Å². The Morgan fingerprint density at radius 3 is 1.31 bits per heavy atom. The fraction of sp³-hybridized carbons (Fsp3) is 0.816. The fourth-order valence-electron chi connectivity index (χ4n) is 7.12. The van der Waals surface area contributed by atoms with Crippen molar-refractivity contribution in [1.29, 1.82) is 0 Å². The maximum Gasteiger partial charge on any atom is 0.222 e. The molecule has 0 N–H and O–H groups in total. The first-order valence-electron chi connectivity index (χ1n) is 23.1. The molecule has 0 aliphatic heterocycles. The topological polar surface area (TPSA) is 23.6 Å². The van der Waals surface area contributed by atoms with Crippen LogP contribution in [0.3, 0.4) is 0 Å². The summed E-state index contributed by atoms with van der Waals surface area (Å²) >= 11 is 0. The lowest BCUT2D eigenvalue weighted by Gasteiger charge is -2.33. The Bertz CT molecular complexity index is 840. The van der Waals surface area contributed by atoms with Crippen LogP contribution in [0.1, 0.15) is 226 Å². The van der Waals surface area contributed by atoms with E-state index in [1.54, 1.807) is 0 Å². The molecular formula is C49H92N2O. The van der Waals surface area contributed by atoms with Crippen molar-refractivity contribution in [3.63, 3.8) is 0 Å². The first-order chi connectivity index (χ1) is 25.6. The SMILES string of the molecule is CCC/C=C\C/C=C\CCCCCCCCC(CCCCCCCC/C=C\C/C=C\CCCCC)N(CCCN(C)C)C(=O)CCCCCCCC. The first kappa shape index (κ1) is 50.4. The van der Waals surface area contributed by atoms with E-state index in [9.17, 15) is 4.79 Å². The Balaban J connectivity index is 4.75. The van der Waals surface area contributed by atoms with Crippen LogP contribution in [-0.2, 0) is 4.79 Å². The van der Waals surface area contributed by atoms with Gasteiger partial charge in [0.2, 0.25) is 5.91 Å². The van der Waals surface area contributed by atoms with Gasteiger partial charge in [0.15, 0.2) is 0 Å². The van der Waals surface area contributed by atoms with Crippen LogP contribution in [0.2, 0.25) is 0 Å². The number of rotatable bonds is 40. The summed E-state index contributed by atoms with van der Waals surface area (Å²) < 4.78 is 0. The molecule has 304 valence electrons. The van der Waals surface area contributed by atoms with Crippen molar-refractivity contribution in [3.8, 4) is 0 Å². The average molecular weight is 725 g/mol. The van der Waals surface area contributed by atoms with Crippen LogP contribution in [0.25, 0.3) is 0 Å². The molecule has 0 saturated carbocycles. The largest absolute Gasteiger partial charge is 0.340 e. The summed E-state index contributed by atoms with van der Waals surface area (Å²) in [4.78, 5) is 18.4. The second-order valence-electron chi connectivity index (χ2n) is 16.0. The summed E-state index contributed by atoms with van der Waals surface area (Å²) in [5, 5.41) is 0. The molecule has 0 fully saturated rings. The minimum atomic E-state index is 0.428. The predicted molar refractivity (Wildman–Crippen MR) is 235 cm³/mol. The molecule has 52 heavy (non-hydrogen) atoms. The van der Waals surface area contributed by atoms with Crippen molar-refractivity contribution in [2.75, 3.05) is 27.2 Å². The lowest BCUT2D eigenvalue weighted by atomic mass is 9.97. The first-order valence-corrected chi connectivity index (χ1v) is 23.1. The fourth-order valence-corrected chi connectivity index (χ4v) is 7.12. The van der Waals surface area contributed by atoms with Gasteiger partial charge in [-0.05, 0) is 104 Å². The Kier molecular flexibility index (Phi) is 40.8. The lowest BCUT2D eigenvalue weighted by molar-refractivity contribution is -0.134. The van der Waals surface area contributed by atoms with E-state index in [1.807, 2.05) is 0 Å². The van der Waals surface area contributed by atoms with Gasteiger partial charge in [0, 0.05) is 19.0 Å². The molecule has 0 aliphatic rings. The molecular weight excluding hydrogens is 633 g/mol. The molecule has 0 bridgehead atoms. The van der Waals surface area contributed by atoms with Gasteiger partial charge in [-0.1, -0.05) is 185 Å². The Hall–Kier alpha value is -1.61. The molecule has 0 rings (SSSR count). The van der Waals surface area contributed by atoms with Gasteiger partial charge in [0.25, 0.3) is 0 Å². The summed E-state index contributed by atoms with van der Waals surface area (Å²) in [6.07, 6.45) is 58.6. The van der Waals surface area contributed by atoms with E-state index < -0.39 is 0 Å². The average Bonchev–Trinajstić information content (AvgIpc) is 3.13. The van der Waals surface area contributed by atoms with Crippen molar-refractivity contribution in [2.24, 2.45) is 0 Å². The molecule has 3 nitrogen and oxygen atoms in total. The van der Waals surface area contributed by atoms with Crippen LogP contribution < -0.4 is 0 Å². The zero-order valence-corrected chi connectivity index (χ0v) is 36.0. The Morgan fingerprint density at radius 1 is 0.423 bits per heavy atom. The summed E-state index contributed by atoms with van der Waals surface area (Å²) in [7, 11) is 4.32. The summed E-state index contributed by atoms with van der Waals surface area (Å²) in [5.41, 5.74) is 0. The third-order valence-corrected chi connectivity index (χ3v) is 10.5. The van der Waals surface area contributed by atoms with Gasteiger partial charge >= 0.3 is 0 Å². The van der Waals surface area contributed by atoms with Gasteiger partial charge in [-0.25, -0.2) is 0 Å². The maximum atomic E-state index is 13.8. The molecule has 0 spiro atoms. The van der Waals surface area contributed by atoms with Crippen LogP contribution in [0, 0.1) is 0 Å². The molecule has 1 atom stereocenters. The molecule has 1 amide bonds. The number of unbranched alkanes of at least 4 members (excludes halogenated alkanes) is 21. The van der Waals surface area contributed by atoms with E-state index in [0.29, 0.717) is 11.9 Å². The van der Waals surface area contributed by atoms with Gasteiger partial charge in [0.05, 0.1) is 0 Å². The summed E-state index contributed by atoms with van der Waals surface area (Å²) in [6, 6.07) is 0.428. The lowest BCUT2D eigenvalue weighted by Crippen LogP contribution is -2.41. The highest BCUT2D eigenvalue weighted by molar-refractivity contribution is 5.76. The van der Waals surface area contributed by atoms with E-state index >= 15 is 0 Å². The number of nitrogens with zero attached hydrogens (tertiary/aromatic N) is 2. The van der Waals surface area contributed by atoms with E-state index in [2.05, 4.69) is 93.3 Å². The highest BCUT2D eigenvalue weighted by Crippen LogP contribution is 2.22. The third kappa shape index (κ3) is 36.7. The summed E-state index contributed by atoms with van der Waals surface area (Å²) in [5.74, 6) is 0.438. The second-order valence-corrected chi connectivity index (χ2v) is 16.0. The molecule has 0 aromatic rings. The minimum Gasteiger partial charge on any atom is -0.340 e. The molecule has 0 heterocycles. The number of carbonyl (C=O) groups excluding carboxylic acids is 1. The molecule has 0 aliphatic carbocycles. The number of carbonyl (C=O) groups is 1. The third-order valence-electron chi connectivity index (χ3n) is 10.5. The van der Waals surface area contributed by atoms with E-state index in [-0.39, 0.29) is 0 Å². The molecule has 0 aromatic heterocycles. The summed E-state index contributed by atoms with van der Waals surface area (Å²) in [6.45, 7) is 8.77. The highest BCUT2D eigenvalue weighted by atomic mass is 16.2. The highest BCUT2D eigenvalue weighted by Gasteiger charge is 2.22. The van der Waals surface area contributed by atoms with Gasteiger partial charge < -0.3 is 9.80 Å². The number of hydrogen-bond acceptors (Lipinski definition) is 2. The molecule has 0 aromatic carbocycles. The van der Waals surface area contributed by atoms with E-state index in [0.717, 1.165) is 45.2 Å².